The molecule has 22 heavy (non-hydrogen) atoms. The van der Waals surface area contributed by atoms with Gasteiger partial charge in [-0.3, -0.25) is 4.79 Å². The first-order valence-corrected chi connectivity index (χ1v) is 8.32. The number of likely N-dealkylation sites (N-methyl/N-ethyl adjacent to an activating group) is 1. The van der Waals surface area contributed by atoms with Gasteiger partial charge in [-0.2, -0.15) is 0 Å². The minimum absolute atomic E-state index is 0.0721. The first-order chi connectivity index (χ1) is 10.6. The zero-order valence-corrected chi connectivity index (χ0v) is 14.1. The van der Waals surface area contributed by atoms with Gasteiger partial charge in [0.25, 0.3) is 0 Å². The maximum Gasteiger partial charge on any atom is 0.230 e. The van der Waals surface area contributed by atoms with E-state index in [0.717, 1.165) is 12.1 Å². The van der Waals surface area contributed by atoms with Crippen molar-refractivity contribution in [1.29, 1.82) is 0 Å². The Labute approximate surface area is 137 Å². The maximum absolute atomic E-state index is 12.9. The largest absolute Gasteiger partial charge is 0.381 e. The lowest BCUT2D eigenvalue weighted by atomic mass is 9.73. The zero-order chi connectivity index (χ0) is 16.0. The van der Waals surface area contributed by atoms with Gasteiger partial charge in [-0.25, -0.2) is 0 Å². The second kappa shape index (κ2) is 7.95. The maximum atomic E-state index is 12.9. The Kier molecular flexibility index (Phi) is 6.24. The van der Waals surface area contributed by atoms with Crippen LogP contribution in [0.15, 0.2) is 24.3 Å². The molecule has 5 heteroatoms. The smallest absolute Gasteiger partial charge is 0.230 e. The van der Waals surface area contributed by atoms with E-state index in [-0.39, 0.29) is 11.9 Å². The molecule has 0 spiro atoms. The highest BCUT2D eigenvalue weighted by atomic mass is 35.5. The molecule has 122 valence electrons. The summed E-state index contributed by atoms with van der Waals surface area (Å²) in [6.45, 7) is 6.84. The van der Waals surface area contributed by atoms with Crippen LogP contribution in [0.3, 0.4) is 0 Å². The molecule has 1 aliphatic heterocycles. The van der Waals surface area contributed by atoms with E-state index in [1.807, 2.05) is 24.3 Å². The van der Waals surface area contributed by atoms with Gasteiger partial charge in [0.15, 0.2) is 0 Å². The number of rotatable bonds is 6. The first-order valence-electron chi connectivity index (χ1n) is 7.94. The van der Waals surface area contributed by atoms with Crippen LogP contribution in [0, 0.1) is 0 Å². The first kappa shape index (κ1) is 17.3. The van der Waals surface area contributed by atoms with E-state index in [1.54, 1.807) is 0 Å². The van der Waals surface area contributed by atoms with Crippen molar-refractivity contribution in [2.75, 3.05) is 26.3 Å². The molecular weight excluding hydrogens is 300 g/mol. The molecule has 1 heterocycles. The number of ether oxygens (including phenoxy) is 1. The van der Waals surface area contributed by atoms with Crippen molar-refractivity contribution in [2.45, 2.75) is 38.1 Å². The lowest BCUT2D eigenvalue weighted by Gasteiger charge is -2.36. The predicted molar refractivity (Wildman–Crippen MR) is 89.3 cm³/mol. The van der Waals surface area contributed by atoms with Crippen LogP contribution in [0.4, 0.5) is 0 Å². The van der Waals surface area contributed by atoms with Crippen LogP contribution in [0.25, 0.3) is 0 Å². The number of hydrogen-bond acceptors (Lipinski definition) is 3. The van der Waals surface area contributed by atoms with Gasteiger partial charge in [0.1, 0.15) is 0 Å². The Hall–Kier alpha value is -1.10. The second-order valence-corrected chi connectivity index (χ2v) is 6.31. The van der Waals surface area contributed by atoms with Crippen LogP contribution in [0.2, 0.25) is 5.02 Å². The second-order valence-electron chi connectivity index (χ2n) is 5.87. The number of benzene rings is 1. The zero-order valence-electron chi connectivity index (χ0n) is 13.3. The van der Waals surface area contributed by atoms with E-state index < -0.39 is 5.41 Å². The Balaban J connectivity index is 2.16. The van der Waals surface area contributed by atoms with E-state index in [1.165, 1.54) is 0 Å². The molecular formula is C17H25ClN2O2. The summed E-state index contributed by atoms with van der Waals surface area (Å²) in [5.74, 6) is 0.0721. The highest BCUT2D eigenvalue weighted by molar-refractivity contribution is 6.30. The van der Waals surface area contributed by atoms with Gasteiger partial charge in [-0.1, -0.05) is 30.7 Å². The SMILES string of the molecule is CCN[C@H](C)CNC(=O)C1(c2cccc(Cl)c2)CCOCC1. The molecule has 0 aliphatic carbocycles. The minimum Gasteiger partial charge on any atom is -0.381 e. The fourth-order valence-electron chi connectivity index (χ4n) is 2.99. The summed E-state index contributed by atoms with van der Waals surface area (Å²) >= 11 is 6.13. The van der Waals surface area contributed by atoms with Crippen LogP contribution in [0.5, 0.6) is 0 Å². The lowest BCUT2D eigenvalue weighted by Crippen LogP contribution is -2.50. The quantitative estimate of drug-likeness (QED) is 0.845. The molecule has 0 saturated carbocycles. The van der Waals surface area contributed by atoms with Crippen molar-refractivity contribution in [2.24, 2.45) is 0 Å². The van der Waals surface area contributed by atoms with Gasteiger partial charge in [-0.05, 0) is 44.0 Å². The van der Waals surface area contributed by atoms with Crippen molar-refractivity contribution in [3.05, 3.63) is 34.9 Å². The Morgan fingerprint density at radius 1 is 1.41 bits per heavy atom. The fraction of sp³-hybridized carbons (Fsp3) is 0.588. The summed E-state index contributed by atoms with van der Waals surface area (Å²) in [7, 11) is 0. The molecule has 2 N–H and O–H groups in total. The van der Waals surface area contributed by atoms with E-state index in [4.69, 9.17) is 16.3 Å². The number of carbonyl (C=O) groups excluding carboxylic acids is 1. The number of nitrogens with one attached hydrogen (secondary N) is 2. The molecule has 1 fully saturated rings. The Morgan fingerprint density at radius 3 is 2.77 bits per heavy atom. The van der Waals surface area contributed by atoms with E-state index >= 15 is 0 Å². The van der Waals surface area contributed by atoms with Crippen molar-refractivity contribution >= 4 is 17.5 Å². The topological polar surface area (TPSA) is 50.4 Å². The summed E-state index contributed by atoms with van der Waals surface area (Å²) in [5.41, 5.74) is 0.451. The van der Waals surface area contributed by atoms with Crippen LogP contribution in [-0.4, -0.2) is 38.3 Å². The molecule has 4 nitrogen and oxygen atoms in total. The molecule has 1 amide bonds. The summed E-state index contributed by atoms with van der Waals surface area (Å²) in [5, 5.41) is 7.06. The number of hydrogen-bond donors (Lipinski definition) is 2. The van der Waals surface area contributed by atoms with E-state index in [2.05, 4.69) is 24.5 Å². The molecule has 0 aromatic heterocycles. The molecule has 1 aromatic carbocycles. The van der Waals surface area contributed by atoms with Crippen LogP contribution in [-0.2, 0) is 14.9 Å². The van der Waals surface area contributed by atoms with E-state index in [0.29, 0.717) is 37.6 Å². The van der Waals surface area contributed by atoms with Gasteiger partial charge < -0.3 is 15.4 Å². The Bertz CT molecular complexity index is 501. The number of halogens is 1. The lowest BCUT2D eigenvalue weighted by molar-refractivity contribution is -0.130. The van der Waals surface area contributed by atoms with Gasteiger partial charge >= 0.3 is 0 Å². The summed E-state index contributed by atoms with van der Waals surface area (Å²) in [6, 6.07) is 7.89. The predicted octanol–water partition coefficient (Wildman–Crippen LogP) is 2.50. The van der Waals surface area contributed by atoms with Crippen molar-refractivity contribution in [1.82, 2.24) is 10.6 Å². The van der Waals surface area contributed by atoms with Gasteiger partial charge in [0.05, 0.1) is 5.41 Å². The monoisotopic (exact) mass is 324 g/mol. The fourth-order valence-corrected chi connectivity index (χ4v) is 3.18. The third kappa shape index (κ3) is 4.00. The van der Waals surface area contributed by atoms with E-state index in [9.17, 15) is 4.79 Å². The molecule has 0 radical (unpaired) electrons. The molecule has 1 saturated heterocycles. The standard InChI is InChI=1S/C17H25ClN2O2/c1-3-19-13(2)12-20-16(21)17(7-9-22-10-8-17)14-5-4-6-15(18)11-14/h4-6,11,13,19H,3,7-10,12H2,1-2H3,(H,20,21)/t13-/m1/s1. The van der Waals surface area contributed by atoms with Crippen LogP contribution >= 0.6 is 11.6 Å². The highest BCUT2D eigenvalue weighted by Gasteiger charge is 2.41. The van der Waals surface area contributed by atoms with Crippen molar-refractivity contribution in [3.63, 3.8) is 0 Å². The molecule has 1 aliphatic rings. The van der Waals surface area contributed by atoms with Crippen LogP contribution in [0.1, 0.15) is 32.3 Å². The van der Waals surface area contributed by atoms with Crippen molar-refractivity contribution in [3.8, 4) is 0 Å². The Morgan fingerprint density at radius 2 is 2.14 bits per heavy atom. The molecule has 1 aromatic rings. The normalized spacial score (nSPS) is 18.7. The number of amides is 1. The summed E-state index contributed by atoms with van der Waals surface area (Å²) in [4.78, 5) is 12.9. The third-order valence-electron chi connectivity index (χ3n) is 4.28. The van der Waals surface area contributed by atoms with Crippen molar-refractivity contribution < 1.29 is 9.53 Å². The average Bonchev–Trinajstić information content (AvgIpc) is 2.53. The molecule has 1 atom stereocenters. The van der Waals surface area contributed by atoms with Crippen LogP contribution < -0.4 is 10.6 Å². The number of carbonyl (C=O) groups is 1. The van der Waals surface area contributed by atoms with Gasteiger partial charge in [-0.15, -0.1) is 0 Å². The minimum atomic E-state index is -0.533. The highest BCUT2D eigenvalue weighted by Crippen LogP contribution is 2.36. The summed E-state index contributed by atoms with van der Waals surface area (Å²) < 4.78 is 5.47. The van der Waals surface area contributed by atoms with Gasteiger partial charge in [0.2, 0.25) is 5.91 Å². The molecule has 2 rings (SSSR count). The molecule has 0 bridgehead atoms. The third-order valence-corrected chi connectivity index (χ3v) is 4.51. The summed E-state index contributed by atoms with van der Waals surface area (Å²) in [6.07, 6.45) is 1.38. The molecule has 0 unspecified atom stereocenters. The van der Waals surface area contributed by atoms with Gasteiger partial charge in [0, 0.05) is 30.8 Å². The average molecular weight is 325 g/mol.